The highest BCUT2D eigenvalue weighted by atomic mass is 127. The molecular formula is C15H12Br2INO. The zero-order chi connectivity index (χ0) is 14.5. The van der Waals surface area contributed by atoms with Crippen LogP contribution in [0, 0.1) is 3.57 Å². The maximum atomic E-state index is 12.2. The Balaban J connectivity index is 2.06. The second kappa shape index (κ2) is 7.56. The molecule has 2 aromatic rings. The van der Waals surface area contributed by atoms with Crippen LogP contribution in [0.4, 0.5) is 0 Å². The van der Waals surface area contributed by atoms with Gasteiger partial charge in [-0.1, -0.05) is 40.2 Å². The van der Waals surface area contributed by atoms with Crippen molar-refractivity contribution in [3.05, 3.63) is 67.2 Å². The molecule has 1 amide bonds. The van der Waals surface area contributed by atoms with Gasteiger partial charge >= 0.3 is 0 Å². The number of amides is 1. The highest BCUT2D eigenvalue weighted by Gasteiger charge is 2.10. The summed E-state index contributed by atoms with van der Waals surface area (Å²) in [6.45, 7) is 0.525. The molecule has 0 fully saturated rings. The largest absolute Gasteiger partial charge is 0.348 e. The van der Waals surface area contributed by atoms with Crippen molar-refractivity contribution in [2.45, 2.75) is 11.9 Å². The second-order valence-electron chi connectivity index (χ2n) is 4.26. The SMILES string of the molecule is O=C(NCc1cccc(CBr)c1)c1cc(I)ccc1Br. The molecule has 0 saturated heterocycles. The maximum Gasteiger partial charge on any atom is 0.252 e. The average Bonchev–Trinajstić information content (AvgIpc) is 2.47. The van der Waals surface area contributed by atoms with E-state index in [-0.39, 0.29) is 5.91 Å². The van der Waals surface area contributed by atoms with Crippen LogP contribution in [0.15, 0.2) is 46.9 Å². The molecule has 0 aromatic heterocycles. The Bertz CT molecular complexity index is 631. The van der Waals surface area contributed by atoms with Crippen LogP contribution in [0.2, 0.25) is 0 Å². The maximum absolute atomic E-state index is 12.2. The molecule has 1 N–H and O–H groups in total. The third-order valence-electron chi connectivity index (χ3n) is 2.77. The summed E-state index contributed by atoms with van der Waals surface area (Å²) in [5.74, 6) is -0.0698. The summed E-state index contributed by atoms with van der Waals surface area (Å²) in [6.07, 6.45) is 0. The van der Waals surface area contributed by atoms with Gasteiger partial charge in [-0.15, -0.1) is 0 Å². The molecule has 0 saturated carbocycles. The summed E-state index contributed by atoms with van der Waals surface area (Å²) in [5.41, 5.74) is 2.96. The van der Waals surface area contributed by atoms with Gasteiger partial charge in [0.25, 0.3) is 5.91 Å². The first-order valence-corrected chi connectivity index (χ1v) is 8.96. The molecule has 0 radical (unpaired) electrons. The highest BCUT2D eigenvalue weighted by molar-refractivity contribution is 14.1. The highest BCUT2D eigenvalue weighted by Crippen LogP contribution is 2.19. The molecule has 0 unspecified atom stereocenters. The monoisotopic (exact) mass is 507 g/mol. The minimum absolute atomic E-state index is 0.0698. The van der Waals surface area contributed by atoms with Crippen LogP contribution in [0.25, 0.3) is 0 Å². The minimum atomic E-state index is -0.0698. The van der Waals surface area contributed by atoms with E-state index in [0.29, 0.717) is 12.1 Å². The molecule has 5 heteroatoms. The van der Waals surface area contributed by atoms with Gasteiger partial charge in [-0.3, -0.25) is 4.79 Å². The Morgan fingerprint density at radius 2 is 1.90 bits per heavy atom. The van der Waals surface area contributed by atoms with Crippen LogP contribution in [0.5, 0.6) is 0 Å². The van der Waals surface area contributed by atoms with E-state index >= 15 is 0 Å². The summed E-state index contributed by atoms with van der Waals surface area (Å²) in [4.78, 5) is 12.2. The zero-order valence-corrected chi connectivity index (χ0v) is 15.8. The molecule has 2 nitrogen and oxygen atoms in total. The smallest absolute Gasteiger partial charge is 0.252 e. The molecule has 0 spiro atoms. The molecule has 0 aliphatic heterocycles. The van der Waals surface area contributed by atoms with Gasteiger partial charge in [-0.05, 0) is 67.8 Å². The van der Waals surface area contributed by atoms with Gasteiger partial charge in [0.05, 0.1) is 5.56 Å². The molecule has 2 rings (SSSR count). The van der Waals surface area contributed by atoms with E-state index in [1.165, 1.54) is 5.56 Å². The normalized spacial score (nSPS) is 10.3. The van der Waals surface area contributed by atoms with Crippen LogP contribution in [0.1, 0.15) is 21.5 Å². The Hall–Kier alpha value is -0.400. The Morgan fingerprint density at radius 3 is 2.65 bits per heavy atom. The van der Waals surface area contributed by atoms with Crippen LogP contribution in [-0.2, 0) is 11.9 Å². The summed E-state index contributed by atoms with van der Waals surface area (Å²) in [5, 5.41) is 3.76. The zero-order valence-electron chi connectivity index (χ0n) is 10.5. The first-order chi connectivity index (χ1) is 9.60. The summed E-state index contributed by atoms with van der Waals surface area (Å²) in [6, 6.07) is 13.9. The van der Waals surface area contributed by atoms with Gasteiger partial charge in [-0.25, -0.2) is 0 Å². The Morgan fingerprint density at radius 1 is 1.15 bits per heavy atom. The predicted molar refractivity (Wildman–Crippen MR) is 97.1 cm³/mol. The van der Waals surface area contributed by atoms with Crippen molar-refractivity contribution in [1.82, 2.24) is 5.32 Å². The lowest BCUT2D eigenvalue weighted by atomic mass is 10.1. The number of benzene rings is 2. The molecule has 0 aliphatic rings. The number of rotatable bonds is 4. The molecule has 0 aliphatic carbocycles. The average molecular weight is 509 g/mol. The molecule has 20 heavy (non-hydrogen) atoms. The quantitative estimate of drug-likeness (QED) is 0.463. The third kappa shape index (κ3) is 4.30. The Kier molecular flexibility index (Phi) is 6.04. The molecule has 2 aromatic carbocycles. The van der Waals surface area contributed by atoms with Crippen molar-refractivity contribution in [2.24, 2.45) is 0 Å². The van der Waals surface area contributed by atoms with Gasteiger partial charge < -0.3 is 5.32 Å². The fraction of sp³-hybridized carbons (Fsp3) is 0.133. The van der Waals surface area contributed by atoms with E-state index < -0.39 is 0 Å². The number of nitrogens with one attached hydrogen (secondary N) is 1. The van der Waals surface area contributed by atoms with E-state index in [1.54, 1.807) is 0 Å². The van der Waals surface area contributed by atoms with E-state index in [0.717, 1.165) is 18.9 Å². The molecular weight excluding hydrogens is 497 g/mol. The lowest BCUT2D eigenvalue weighted by molar-refractivity contribution is 0.0950. The minimum Gasteiger partial charge on any atom is -0.348 e. The van der Waals surface area contributed by atoms with Gasteiger partial charge in [-0.2, -0.15) is 0 Å². The second-order valence-corrected chi connectivity index (χ2v) is 6.92. The number of alkyl halides is 1. The number of carbonyl (C=O) groups excluding carboxylic acids is 1. The number of carbonyl (C=O) groups is 1. The summed E-state index contributed by atoms with van der Waals surface area (Å²) >= 11 is 9.04. The number of halogens is 3. The first kappa shape index (κ1) is 16.0. The predicted octanol–water partition coefficient (Wildman–Crippen LogP) is 4.88. The van der Waals surface area contributed by atoms with Crippen molar-refractivity contribution in [1.29, 1.82) is 0 Å². The van der Waals surface area contributed by atoms with Crippen LogP contribution < -0.4 is 5.32 Å². The Labute approximate surface area is 148 Å². The standard InChI is InChI=1S/C15H12Br2INO/c16-8-10-2-1-3-11(6-10)9-19-15(20)13-7-12(18)4-5-14(13)17/h1-7H,8-9H2,(H,19,20). The van der Waals surface area contributed by atoms with Gasteiger partial charge in [0.2, 0.25) is 0 Å². The topological polar surface area (TPSA) is 29.1 Å². The van der Waals surface area contributed by atoms with Crippen molar-refractivity contribution in [3.8, 4) is 0 Å². The van der Waals surface area contributed by atoms with E-state index in [4.69, 9.17) is 0 Å². The van der Waals surface area contributed by atoms with Crippen molar-refractivity contribution in [3.63, 3.8) is 0 Å². The lowest BCUT2D eigenvalue weighted by Gasteiger charge is -2.08. The van der Waals surface area contributed by atoms with Crippen molar-refractivity contribution in [2.75, 3.05) is 0 Å². The van der Waals surface area contributed by atoms with Crippen LogP contribution in [-0.4, -0.2) is 5.91 Å². The van der Waals surface area contributed by atoms with Gasteiger partial charge in [0.15, 0.2) is 0 Å². The lowest BCUT2D eigenvalue weighted by Crippen LogP contribution is -2.23. The fourth-order valence-corrected chi connectivity index (χ4v) is 3.04. The van der Waals surface area contributed by atoms with Gasteiger partial charge in [0, 0.05) is 19.9 Å². The van der Waals surface area contributed by atoms with E-state index in [2.05, 4.69) is 71.9 Å². The molecule has 0 bridgehead atoms. The summed E-state index contributed by atoms with van der Waals surface area (Å²) in [7, 11) is 0. The molecule has 104 valence electrons. The van der Waals surface area contributed by atoms with E-state index in [1.807, 2.05) is 30.3 Å². The summed E-state index contributed by atoms with van der Waals surface area (Å²) < 4.78 is 1.85. The first-order valence-electron chi connectivity index (χ1n) is 5.97. The van der Waals surface area contributed by atoms with Crippen molar-refractivity contribution < 1.29 is 4.79 Å². The molecule has 0 heterocycles. The number of hydrogen-bond acceptors (Lipinski definition) is 1. The van der Waals surface area contributed by atoms with Crippen LogP contribution in [0.3, 0.4) is 0 Å². The van der Waals surface area contributed by atoms with Crippen LogP contribution >= 0.6 is 54.5 Å². The van der Waals surface area contributed by atoms with Crippen molar-refractivity contribution >= 4 is 60.4 Å². The molecule has 0 atom stereocenters. The fourth-order valence-electron chi connectivity index (χ4n) is 1.77. The van der Waals surface area contributed by atoms with Gasteiger partial charge in [0.1, 0.15) is 0 Å². The third-order valence-corrected chi connectivity index (χ3v) is 4.78. The number of hydrogen-bond donors (Lipinski definition) is 1. The van der Waals surface area contributed by atoms with E-state index in [9.17, 15) is 4.79 Å².